The number of halogens is 2. The number of anilines is 2. The van der Waals surface area contributed by atoms with Gasteiger partial charge in [0.1, 0.15) is 22.8 Å². The standard InChI is InChI=1S/C24H32F2N4O6S/c1-14-10-16(6-7-17(14)25)27-22(32)21-20(26)19(11-28(21)5)30(37(34)35)18-12-29(9-8-15(18)13-31)23(33)36-24(2,3)4/h6-7,10-11,15,18,31,37H,8-9,12-13H2,1-5H3,(H,27,32). The lowest BCUT2D eigenvalue weighted by Gasteiger charge is -2.41. The van der Waals surface area contributed by atoms with Crippen LogP contribution >= 0.6 is 0 Å². The number of carbonyl (C=O) groups is 2. The smallest absolute Gasteiger partial charge is 0.410 e. The van der Waals surface area contributed by atoms with Crippen molar-refractivity contribution in [2.24, 2.45) is 13.0 Å². The quantitative estimate of drug-likeness (QED) is 0.483. The number of rotatable bonds is 6. The molecule has 1 aromatic carbocycles. The molecule has 2 aromatic rings. The van der Waals surface area contributed by atoms with Crippen LogP contribution in [-0.4, -0.2) is 66.3 Å². The van der Waals surface area contributed by atoms with Gasteiger partial charge < -0.3 is 24.6 Å². The highest BCUT2D eigenvalue weighted by atomic mass is 32.2. The van der Waals surface area contributed by atoms with E-state index in [1.54, 1.807) is 20.8 Å². The lowest BCUT2D eigenvalue weighted by atomic mass is 9.92. The number of hydrogen-bond donors (Lipinski definition) is 3. The number of likely N-dealkylation sites (tertiary alicyclic amines) is 1. The van der Waals surface area contributed by atoms with Crippen LogP contribution < -0.4 is 9.62 Å². The van der Waals surface area contributed by atoms with Crippen molar-refractivity contribution in [3.8, 4) is 0 Å². The number of carbonyl (C=O) groups excluding carboxylic acids is 2. The third-order valence-electron chi connectivity index (χ3n) is 6.08. The molecule has 204 valence electrons. The number of aliphatic hydroxyl groups excluding tert-OH is 1. The maximum absolute atomic E-state index is 15.6. The minimum atomic E-state index is -3.43. The van der Waals surface area contributed by atoms with Crippen LogP contribution in [0.15, 0.2) is 24.4 Å². The van der Waals surface area contributed by atoms with Gasteiger partial charge in [0.15, 0.2) is 5.82 Å². The van der Waals surface area contributed by atoms with Crippen LogP contribution in [0.5, 0.6) is 0 Å². The Morgan fingerprint density at radius 2 is 1.95 bits per heavy atom. The van der Waals surface area contributed by atoms with E-state index in [1.165, 1.54) is 31.0 Å². The normalized spacial score (nSPS) is 18.1. The van der Waals surface area contributed by atoms with Gasteiger partial charge in [-0.15, -0.1) is 0 Å². The van der Waals surface area contributed by atoms with E-state index in [0.29, 0.717) is 0 Å². The summed E-state index contributed by atoms with van der Waals surface area (Å²) in [5.74, 6) is -3.02. The molecule has 1 aliphatic rings. The second-order valence-electron chi connectivity index (χ2n) is 10.0. The second kappa shape index (κ2) is 11.1. The van der Waals surface area contributed by atoms with E-state index in [4.69, 9.17) is 4.74 Å². The van der Waals surface area contributed by atoms with Gasteiger partial charge in [-0.25, -0.2) is 22.0 Å². The number of nitrogens with one attached hydrogen (secondary N) is 1. The molecule has 0 bridgehead atoms. The van der Waals surface area contributed by atoms with Gasteiger partial charge in [0.2, 0.25) is 10.9 Å². The summed E-state index contributed by atoms with van der Waals surface area (Å²) in [6, 6.07) is 2.87. The highest BCUT2D eigenvalue weighted by Gasteiger charge is 2.40. The molecule has 0 spiro atoms. The van der Waals surface area contributed by atoms with Crippen LogP contribution in [0.4, 0.5) is 25.0 Å². The number of nitrogens with zero attached hydrogens (tertiary/aromatic N) is 3. The number of aromatic nitrogens is 1. The molecule has 37 heavy (non-hydrogen) atoms. The van der Waals surface area contributed by atoms with Gasteiger partial charge in [0.05, 0.1) is 6.04 Å². The molecule has 2 amide bonds. The molecule has 2 heterocycles. The van der Waals surface area contributed by atoms with Crippen molar-refractivity contribution in [1.29, 1.82) is 0 Å². The molecule has 1 aliphatic heterocycles. The number of thiol groups is 1. The minimum absolute atomic E-state index is 0.145. The van der Waals surface area contributed by atoms with E-state index < -0.39 is 70.1 Å². The molecule has 2 N–H and O–H groups in total. The number of benzene rings is 1. The van der Waals surface area contributed by atoms with Crippen LogP contribution in [0.1, 0.15) is 43.2 Å². The molecule has 0 radical (unpaired) electrons. The summed E-state index contributed by atoms with van der Waals surface area (Å²) in [5.41, 5.74) is -1.10. The predicted molar refractivity (Wildman–Crippen MR) is 134 cm³/mol. The first-order valence-corrected chi connectivity index (χ1v) is 12.8. The van der Waals surface area contributed by atoms with Crippen molar-refractivity contribution in [1.82, 2.24) is 9.47 Å². The van der Waals surface area contributed by atoms with E-state index in [9.17, 15) is 27.5 Å². The van der Waals surface area contributed by atoms with Gasteiger partial charge in [-0.05, 0) is 57.9 Å². The summed E-state index contributed by atoms with van der Waals surface area (Å²) in [6.45, 7) is 6.29. The van der Waals surface area contributed by atoms with Gasteiger partial charge in [0.25, 0.3) is 5.91 Å². The fraction of sp³-hybridized carbons (Fsp3) is 0.500. The zero-order valence-corrected chi connectivity index (χ0v) is 22.2. The van der Waals surface area contributed by atoms with Gasteiger partial charge in [0, 0.05) is 44.5 Å². The summed E-state index contributed by atoms with van der Waals surface area (Å²) >= 11 is 0. The summed E-state index contributed by atoms with van der Waals surface area (Å²) in [5, 5.41) is 12.4. The summed E-state index contributed by atoms with van der Waals surface area (Å²) in [7, 11) is -2.05. The maximum atomic E-state index is 15.6. The largest absolute Gasteiger partial charge is 0.444 e. The van der Waals surface area contributed by atoms with Crippen molar-refractivity contribution in [3.05, 3.63) is 47.3 Å². The zero-order chi connectivity index (χ0) is 27.7. The van der Waals surface area contributed by atoms with E-state index in [2.05, 4.69) is 5.32 Å². The Labute approximate surface area is 215 Å². The van der Waals surface area contributed by atoms with Crippen LogP contribution in [0.25, 0.3) is 0 Å². The Morgan fingerprint density at radius 1 is 1.27 bits per heavy atom. The second-order valence-corrected chi connectivity index (χ2v) is 10.9. The SMILES string of the molecule is Cc1cc(NC(=O)c2c(F)c(N(C3CN(C(=O)OC(C)(C)C)CCC3CO)[SH](=O)=O)cn2C)ccc1F. The molecule has 3 rings (SSSR count). The van der Waals surface area contributed by atoms with Gasteiger partial charge in [-0.3, -0.25) is 9.10 Å². The van der Waals surface area contributed by atoms with E-state index in [0.717, 1.165) is 21.1 Å². The first-order valence-electron chi connectivity index (χ1n) is 11.7. The van der Waals surface area contributed by atoms with Crippen LogP contribution in [0.3, 0.4) is 0 Å². The summed E-state index contributed by atoms with van der Waals surface area (Å²) in [4.78, 5) is 26.8. The first kappa shape index (κ1) is 28.4. The van der Waals surface area contributed by atoms with E-state index >= 15 is 4.39 Å². The molecule has 1 aromatic heterocycles. The lowest BCUT2D eigenvalue weighted by molar-refractivity contribution is 0.0131. The Hall–Kier alpha value is -3.19. The number of piperidine rings is 1. The molecule has 1 saturated heterocycles. The highest BCUT2D eigenvalue weighted by molar-refractivity contribution is 7.74. The number of aliphatic hydroxyl groups is 1. The van der Waals surface area contributed by atoms with Gasteiger partial charge in [-0.1, -0.05) is 0 Å². The van der Waals surface area contributed by atoms with Crippen molar-refractivity contribution in [3.63, 3.8) is 0 Å². The number of amides is 2. The lowest BCUT2D eigenvalue weighted by Crippen LogP contribution is -2.55. The maximum Gasteiger partial charge on any atom is 0.410 e. The minimum Gasteiger partial charge on any atom is -0.444 e. The van der Waals surface area contributed by atoms with E-state index in [1.807, 2.05) is 0 Å². The Morgan fingerprint density at radius 3 is 2.51 bits per heavy atom. The fourth-order valence-corrected chi connectivity index (χ4v) is 5.08. The summed E-state index contributed by atoms with van der Waals surface area (Å²) in [6.07, 6.45) is 0.760. The number of ether oxygens (including phenoxy) is 1. The summed E-state index contributed by atoms with van der Waals surface area (Å²) < 4.78 is 61.3. The molecule has 10 nitrogen and oxygen atoms in total. The van der Waals surface area contributed by atoms with Crippen LogP contribution in [0, 0.1) is 24.5 Å². The topological polar surface area (TPSA) is 121 Å². The molecule has 1 fully saturated rings. The molecule has 2 unspecified atom stereocenters. The molecular weight excluding hydrogens is 510 g/mol. The van der Waals surface area contributed by atoms with Crippen molar-refractivity contribution in [2.75, 3.05) is 29.3 Å². The third kappa shape index (κ3) is 6.39. The number of aryl methyl sites for hydroxylation is 2. The van der Waals surface area contributed by atoms with Crippen LogP contribution in [0.2, 0.25) is 0 Å². The average molecular weight is 543 g/mol. The molecule has 13 heteroatoms. The van der Waals surface area contributed by atoms with Crippen molar-refractivity contribution in [2.45, 2.75) is 45.8 Å². The molecule has 0 aliphatic carbocycles. The Bertz CT molecular complexity index is 1250. The van der Waals surface area contributed by atoms with E-state index in [-0.39, 0.29) is 30.8 Å². The number of hydrogen-bond acceptors (Lipinski definition) is 6. The van der Waals surface area contributed by atoms with Gasteiger partial charge in [-0.2, -0.15) is 0 Å². The molecular formula is C24H32F2N4O6S. The molecule has 2 atom stereocenters. The fourth-order valence-electron chi connectivity index (χ4n) is 4.26. The zero-order valence-electron chi connectivity index (χ0n) is 21.3. The average Bonchev–Trinajstić information content (AvgIpc) is 3.08. The predicted octanol–water partition coefficient (Wildman–Crippen LogP) is 2.81. The first-order chi connectivity index (χ1) is 17.2. The van der Waals surface area contributed by atoms with Crippen LogP contribution in [-0.2, 0) is 22.7 Å². The van der Waals surface area contributed by atoms with Crippen molar-refractivity contribution < 1.29 is 36.6 Å². The Kier molecular flexibility index (Phi) is 8.48. The Balaban J connectivity index is 1.94. The highest BCUT2D eigenvalue weighted by Crippen LogP contribution is 2.32. The monoisotopic (exact) mass is 542 g/mol. The van der Waals surface area contributed by atoms with Crippen molar-refractivity contribution >= 4 is 34.3 Å². The van der Waals surface area contributed by atoms with Gasteiger partial charge >= 0.3 is 6.09 Å². The molecule has 0 saturated carbocycles. The third-order valence-corrected chi connectivity index (χ3v) is 6.94.